The average molecular weight is 370 g/mol. The zero-order valence-corrected chi connectivity index (χ0v) is 14.8. The van der Waals surface area contributed by atoms with E-state index in [1.807, 2.05) is 0 Å². The summed E-state index contributed by atoms with van der Waals surface area (Å²) in [7, 11) is 0. The lowest BCUT2D eigenvalue weighted by atomic mass is 10.0. The number of rotatable bonds is 6. The van der Waals surface area contributed by atoms with Gasteiger partial charge in [-0.3, -0.25) is 14.4 Å². The highest BCUT2D eigenvalue weighted by Crippen LogP contribution is 2.22. The molecular formula is C19H18N2O6. The van der Waals surface area contributed by atoms with Gasteiger partial charge in [0.05, 0.1) is 17.4 Å². The Kier molecular flexibility index (Phi) is 5.07. The number of benzene rings is 1. The quantitative estimate of drug-likeness (QED) is 0.614. The van der Waals surface area contributed by atoms with Crippen LogP contribution in [-0.2, 0) is 9.53 Å². The van der Waals surface area contributed by atoms with Gasteiger partial charge in [0.25, 0.3) is 17.7 Å². The Morgan fingerprint density at radius 3 is 2.22 bits per heavy atom. The fourth-order valence-corrected chi connectivity index (χ4v) is 2.69. The number of ether oxygens (including phenoxy) is 1. The van der Waals surface area contributed by atoms with E-state index in [1.165, 1.54) is 24.5 Å². The molecule has 0 saturated heterocycles. The van der Waals surface area contributed by atoms with Crippen LogP contribution in [0.3, 0.4) is 0 Å². The van der Waals surface area contributed by atoms with Gasteiger partial charge in [0, 0.05) is 0 Å². The Labute approximate surface area is 155 Å². The number of hydrogen-bond acceptors (Lipinski definition) is 6. The van der Waals surface area contributed by atoms with Gasteiger partial charge in [-0.05, 0) is 30.2 Å². The van der Waals surface area contributed by atoms with Crippen LogP contribution >= 0.6 is 0 Å². The van der Waals surface area contributed by atoms with Gasteiger partial charge >= 0.3 is 5.97 Å². The summed E-state index contributed by atoms with van der Waals surface area (Å²) >= 11 is 0. The molecule has 1 N–H and O–H groups in total. The van der Waals surface area contributed by atoms with Gasteiger partial charge in [0.1, 0.15) is 6.04 Å². The lowest BCUT2D eigenvalue weighted by Crippen LogP contribution is -2.46. The number of imide groups is 1. The van der Waals surface area contributed by atoms with Crippen molar-refractivity contribution in [3.05, 3.63) is 59.5 Å². The Hall–Kier alpha value is -3.42. The van der Waals surface area contributed by atoms with Crippen LogP contribution in [-0.4, -0.2) is 41.4 Å². The first-order valence-electron chi connectivity index (χ1n) is 8.36. The fourth-order valence-electron chi connectivity index (χ4n) is 2.69. The third-order valence-corrected chi connectivity index (χ3v) is 4.17. The molecule has 1 aromatic carbocycles. The summed E-state index contributed by atoms with van der Waals surface area (Å²) < 4.78 is 10.1. The molecule has 1 aromatic heterocycles. The van der Waals surface area contributed by atoms with Crippen LogP contribution in [0.25, 0.3) is 0 Å². The number of furan rings is 1. The van der Waals surface area contributed by atoms with Crippen molar-refractivity contribution >= 4 is 23.7 Å². The normalized spacial score (nSPS) is 14.3. The summed E-state index contributed by atoms with van der Waals surface area (Å²) in [4.78, 5) is 50.0. The first-order chi connectivity index (χ1) is 12.9. The second-order valence-electron chi connectivity index (χ2n) is 6.35. The standard InChI is InChI=1S/C19H18N2O6/c1-11(2)15(20-16(22)14-8-5-9-26-14)19(25)27-10-21-17(23)12-6-3-4-7-13(12)18(21)24/h3-9,11,15H,10H2,1-2H3,(H,20,22)/t15-/m0/s1. The molecular weight excluding hydrogens is 352 g/mol. The van der Waals surface area contributed by atoms with Gasteiger partial charge in [-0.25, -0.2) is 9.69 Å². The molecule has 0 radical (unpaired) electrons. The monoisotopic (exact) mass is 370 g/mol. The summed E-state index contributed by atoms with van der Waals surface area (Å²) in [6.45, 7) is 2.94. The van der Waals surface area contributed by atoms with Gasteiger partial charge in [0.2, 0.25) is 0 Å². The van der Waals surface area contributed by atoms with Crippen molar-refractivity contribution in [2.75, 3.05) is 6.73 Å². The van der Waals surface area contributed by atoms with E-state index in [9.17, 15) is 19.2 Å². The highest BCUT2D eigenvalue weighted by atomic mass is 16.5. The van der Waals surface area contributed by atoms with Gasteiger partial charge in [-0.15, -0.1) is 0 Å². The minimum atomic E-state index is -0.960. The molecule has 27 heavy (non-hydrogen) atoms. The van der Waals surface area contributed by atoms with Crippen molar-refractivity contribution in [3.8, 4) is 0 Å². The Morgan fingerprint density at radius 1 is 1.07 bits per heavy atom. The minimum Gasteiger partial charge on any atom is -0.459 e. The van der Waals surface area contributed by atoms with Crippen molar-refractivity contribution in [1.29, 1.82) is 0 Å². The molecule has 0 aliphatic carbocycles. The molecule has 3 rings (SSSR count). The van der Waals surface area contributed by atoms with Crippen LogP contribution < -0.4 is 5.32 Å². The average Bonchev–Trinajstić information content (AvgIpc) is 3.26. The first kappa shape index (κ1) is 18.4. The maximum absolute atomic E-state index is 12.4. The van der Waals surface area contributed by atoms with E-state index >= 15 is 0 Å². The molecule has 0 bridgehead atoms. The summed E-state index contributed by atoms with van der Waals surface area (Å²) in [6.07, 6.45) is 1.35. The maximum Gasteiger partial charge on any atom is 0.330 e. The van der Waals surface area contributed by atoms with E-state index in [0.29, 0.717) is 0 Å². The largest absolute Gasteiger partial charge is 0.459 e. The molecule has 1 aliphatic rings. The number of fused-ring (bicyclic) bond motifs is 1. The van der Waals surface area contributed by atoms with Crippen LogP contribution in [0.15, 0.2) is 47.1 Å². The van der Waals surface area contributed by atoms with Crippen molar-refractivity contribution < 1.29 is 28.3 Å². The van der Waals surface area contributed by atoms with Gasteiger partial charge in [-0.2, -0.15) is 0 Å². The second-order valence-corrected chi connectivity index (χ2v) is 6.35. The van der Waals surface area contributed by atoms with Crippen LogP contribution in [0.5, 0.6) is 0 Å². The molecule has 2 heterocycles. The first-order valence-corrected chi connectivity index (χ1v) is 8.36. The number of carbonyl (C=O) groups is 4. The summed E-state index contributed by atoms with van der Waals surface area (Å²) in [5.74, 6) is -2.57. The number of amides is 3. The Bertz CT molecular complexity index is 852. The molecule has 0 fully saturated rings. The predicted octanol–water partition coefficient (Wildman–Crippen LogP) is 1.83. The number of nitrogens with zero attached hydrogens (tertiary/aromatic N) is 1. The SMILES string of the molecule is CC(C)[C@H](NC(=O)c1ccco1)C(=O)OCN1C(=O)c2ccccc2C1=O. The van der Waals surface area contributed by atoms with Crippen molar-refractivity contribution in [3.63, 3.8) is 0 Å². The second kappa shape index (κ2) is 7.45. The number of carbonyl (C=O) groups excluding carboxylic acids is 4. The molecule has 2 aromatic rings. The lowest BCUT2D eigenvalue weighted by Gasteiger charge is -2.22. The fraction of sp³-hybridized carbons (Fsp3) is 0.263. The summed E-state index contributed by atoms with van der Waals surface area (Å²) in [5.41, 5.74) is 0.537. The third-order valence-electron chi connectivity index (χ3n) is 4.17. The van der Waals surface area contributed by atoms with Crippen LogP contribution in [0.2, 0.25) is 0 Å². The Morgan fingerprint density at radius 2 is 1.70 bits per heavy atom. The van der Waals surface area contributed by atoms with Crippen LogP contribution in [0, 0.1) is 5.92 Å². The number of esters is 1. The molecule has 0 spiro atoms. The lowest BCUT2D eigenvalue weighted by molar-refractivity contribution is -0.149. The van der Waals surface area contributed by atoms with Gasteiger partial charge < -0.3 is 14.5 Å². The van der Waals surface area contributed by atoms with Crippen molar-refractivity contribution in [1.82, 2.24) is 10.2 Å². The van der Waals surface area contributed by atoms with Crippen molar-refractivity contribution in [2.45, 2.75) is 19.9 Å². The number of nitrogens with one attached hydrogen (secondary N) is 1. The molecule has 8 heteroatoms. The molecule has 3 amide bonds. The molecule has 1 aliphatic heterocycles. The molecule has 1 atom stereocenters. The highest BCUT2D eigenvalue weighted by molar-refractivity contribution is 6.21. The predicted molar refractivity (Wildman–Crippen MR) is 92.7 cm³/mol. The highest BCUT2D eigenvalue weighted by Gasteiger charge is 2.36. The molecule has 8 nitrogen and oxygen atoms in total. The van der Waals surface area contributed by atoms with E-state index in [1.54, 1.807) is 32.0 Å². The zero-order chi connectivity index (χ0) is 19.6. The van der Waals surface area contributed by atoms with E-state index in [2.05, 4.69) is 5.32 Å². The topological polar surface area (TPSA) is 106 Å². The van der Waals surface area contributed by atoms with E-state index < -0.39 is 36.5 Å². The summed E-state index contributed by atoms with van der Waals surface area (Å²) in [5, 5.41) is 2.54. The van der Waals surface area contributed by atoms with E-state index in [0.717, 1.165) is 4.90 Å². The summed E-state index contributed by atoms with van der Waals surface area (Å²) in [6, 6.07) is 8.45. The third kappa shape index (κ3) is 3.59. The zero-order valence-electron chi connectivity index (χ0n) is 14.8. The van der Waals surface area contributed by atoms with Crippen LogP contribution in [0.4, 0.5) is 0 Å². The van der Waals surface area contributed by atoms with Crippen molar-refractivity contribution in [2.24, 2.45) is 5.92 Å². The smallest absolute Gasteiger partial charge is 0.330 e. The Balaban J connectivity index is 1.64. The molecule has 0 saturated carbocycles. The molecule has 0 unspecified atom stereocenters. The van der Waals surface area contributed by atoms with Gasteiger partial charge in [-0.1, -0.05) is 26.0 Å². The number of hydrogen-bond donors (Lipinski definition) is 1. The van der Waals surface area contributed by atoms with Crippen LogP contribution in [0.1, 0.15) is 45.1 Å². The molecule has 140 valence electrons. The maximum atomic E-state index is 12.4. The van der Waals surface area contributed by atoms with E-state index in [4.69, 9.17) is 9.15 Å². The van der Waals surface area contributed by atoms with E-state index in [-0.39, 0.29) is 22.8 Å². The minimum absolute atomic E-state index is 0.0637. The van der Waals surface area contributed by atoms with Gasteiger partial charge in [0.15, 0.2) is 12.5 Å².